The average molecular weight is 501 g/mol. The number of rotatable bonds is 6. The van der Waals surface area contributed by atoms with Crippen molar-refractivity contribution in [1.82, 2.24) is 25.3 Å². The lowest BCUT2D eigenvalue weighted by atomic mass is 10.1. The molecule has 2 unspecified atom stereocenters. The fourth-order valence-corrected chi connectivity index (χ4v) is 4.74. The van der Waals surface area contributed by atoms with Crippen molar-refractivity contribution >= 4 is 34.4 Å². The molecule has 8 nitrogen and oxygen atoms in total. The van der Waals surface area contributed by atoms with Crippen molar-refractivity contribution in [2.45, 2.75) is 37.5 Å². The number of ether oxygens (including phenoxy) is 1. The van der Waals surface area contributed by atoms with E-state index in [1.807, 2.05) is 48.7 Å². The molecule has 36 heavy (non-hydrogen) atoms. The summed E-state index contributed by atoms with van der Waals surface area (Å²) in [5.41, 5.74) is 3.66. The molecular weight excluding hydrogens is 472 g/mol. The van der Waals surface area contributed by atoms with Crippen LogP contribution < -0.4 is 10.2 Å². The number of hydrogen-bond acceptors (Lipinski definition) is 8. The van der Waals surface area contributed by atoms with E-state index in [4.69, 9.17) is 14.7 Å². The van der Waals surface area contributed by atoms with E-state index >= 15 is 0 Å². The van der Waals surface area contributed by atoms with Crippen molar-refractivity contribution in [3.8, 4) is 11.4 Å². The van der Waals surface area contributed by atoms with Crippen LogP contribution in [0, 0.1) is 0 Å². The number of hydrogen-bond donors (Lipinski definition) is 1. The van der Waals surface area contributed by atoms with E-state index in [1.165, 1.54) is 0 Å². The van der Waals surface area contributed by atoms with Crippen LogP contribution in [0.2, 0.25) is 0 Å². The summed E-state index contributed by atoms with van der Waals surface area (Å²) in [6.07, 6.45) is 7.36. The molecule has 5 heterocycles. The first-order valence-corrected chi connectivity index (χ1v) is 13.1. The monoisotopic (exact) mass is 500 g/mol. The maximum atomic E-state index is 12.6. The Morgan fingerprint density at radius 3 is 2.67 bits per heavy atom. The number of anilines is 1. The summed E-state index contributed by atoms with van der Waals surface area (Å²) in [5.74, 6) is 0.740. The number of aromatic nitrogens is 4. The molecule has 0 bridgehead atoms. The molecule has 5 rings (SSSR count). The van der Waals surface area contributed by atoms with Crippen LogP contribution in [0.3, 0.4) is 0 Å². The van der Waals surface area contributed by atoms with Crippen molar-refractivity contribution in [1.29, 1.82) is 0 Å². The fourth-order valence-electron chi connectivity index (χ4n) is 4.33. The lowest BCUT2D eigenvalue weighted by molar-refractivity contribution is -0.00545. The lowest BCUT2D eigenvalue weighted by Gasteiger charge is -2.36. The van der Waals surface area contributed by atoms with Gasteiger partial charge in [0.25, 0.3) is 5.91 Å². The highest BCUT2D eigenvalue weighted by Crippen LogP contribution is 2.24. The van der Waals surface area contributed by atoms with Gasteiger partial charge in [0.2, 0.25) is 0 Å². The van der Waals surface area contributed by atoms with Crippen molar-refractivity contribution in [3.63, 3.8) is 0 Å². The number of carbonyl (C=O) groups excluding carboxylic acids is 1. The van der Waals surface area contributed by atoms with Crippen molar-refractivity contribution in [2.24, 2.45) is 0 Å². The molecule has 1 amide bonds. The van der Waals surface area contributed by atoms with Gasteiger partial charge in [0.05, 0.1) is 46.9 Å². The average Bonchev–Trinajstić information content (AvgIpc) is 2.90. The van der Waals surface area contributed by atoms with Gasteiger partial charge in [-0.1, -0.05) is 6.07 Å². The summed E-state index contributed by atoms with van der Waals surface area (Å²) < 4.78 is 5.86. The molecule has 184 valence electrons. The Kier molecular flexibility index (Phi) is 7.11. The summed E-state index contributed by atoms with van der Waals surface area (Å²) >= 11 is 1.55. The molecule has 1 fully saturated rings. The summed E-state index contributed by atoms with van der Waals surface area (Å²) in [5, 5.41) is 3.85. The molecule has 1 aliphatic heterocycles. The van der Waals surface area contributed by atoms with Crippen LogP contribution in [0.25, 0.3) is 22.3 Å². The first kappa shape index (κ1) is 24.1. The van der Waals surface area contributed by atoms with Gasteiger partial charge in [0.1, 0.15) is 5.82 Å². The van der Waals surface area contributed by atoms with Gasteiger partial charge in [0, 0.05) is 42.0 Å². The highest BCUT2D eigenvalue weighted by atomic mass is 32.2. The molecule has 2 atom stereocenters. The molecule has 0 aliphatic carbocycles. The number of carbonyl (C=O) groups is 1. The molecular formula is C27H28N6O2S. The van der Waals surface area contributed by atoms with Crippen LogP contribution >= 0.6 is 11.8 Å². The first-order valence-electron chi connectivity index (χ1n) is 11.9. The van der Waals surface area contributed by atoms with Gasteiger partial charge in [-0.15, -0.1) is 11.8 Å². The second-order valence-electron chi connectivity index (χ2n) is 8.90. The van der Waals surface area contributed by atoms with Gasteiger partial charge < -0.3 is 15.0 Å². The Labute approximate surface area is 214 Å². The second kappa shape index (κ2) is 10.6. The van der Waals surface area contributed by atoms with Gasteiger partial charge in [0.15, 0.2) is 0 Å². The third kappa shape index (κ3) is 5.47. The van der Waals surface area contributed by atoms with Gasteiger partial charge in [-0.25, -0.2) is 9.97 Å². The minimum absolute atomic E-state index is 0.162. The number of fused-ring (bicyclic) bond motifs is 1. The third-order valence-corrected chi connectivity index (χ3v) is 6.71. The Bertz CT molecular complexity index is 1390. The maximum Gasteiger partial charge on any atom is 0.253 e. The summed E-state index contributed by atoms with van der Waals surface area (Å²) in [4.78, 5) is 34.2. The number of thioether (sulfide) groups is 1. The number of morpholine rings is 1. The fraction of sp³-hybridized carbons (Fsp3) is 0.296. The summed E-state index contributed by atoms with van der Waals surface area (Å²) in [6, 6.07) is 13.7. The minimum atomic E-state index is -0.185. The van der Waals surface area contributed by atoms with Crippen molar-refractivity contribution in [3.05, 3.63) is 72.3 Å². The predicted molar refractivity (Wildman–Crippen MR) is 142 cm³/mol. The molecule has 1 N–H and O–H groups in total. The normalized spacial score (nSPS) is 17.8. The van der Waals surface area contributed by atoms with Crippen LogP contribution in [0.5, 0.6) is 0 Å². The maximum absolute atomic E-state index is 12.6. The molecule has 0 aromatic carbocycles. The summed E-state index contributed by atoms with van der Waals surface area (Å²) in [6.45, 7) is 6.09. The zero-order valence-corrected chi connectivity index (χ0v) is 21.3. The van der Waals surface area contributed by atoms with Crippen LogP contribution in [-0.4, -0.2) is 57.4 Å². The topological polar surface area (TPSA) is 93.1 Å². The van der Waals surface area contributed by atoms with Gasteiger partial charge in [-0.05, 0) is 56.5 Å². The first-order chi connectivity index (χ1) is 17.5. The van der Waals surface area contributed by atoms with Gasteiger partial charge in [-0.3, -0.25) is 14.8 Å². The van der Waals surface area contributed by atoms with Gasteiger partial charge >= 0.3 is 0 Å². The minimum Gasteiger partial charge on any atom is -0.372 e. The van der Waals surface area contributed by atoms with E-state index in [2.05, 4.69) is 34.0 Å². The molecule has 1 saturated heterocycles. The molecule has 0 radical (unpaired) electrons. The zero-order valence-electron chi connectivity index (χ0n) is 20.5. The molecule has 1 aliphatic rings. The molecule has 4 aromatic rings. The van der Waals surface area contributed by atoms with Crippen molar-refractivity contribution in [2.75, 3.05) is 24.2 Å². The molecule has 4 aromatic heterocycles. The Hall–Kier alpha value is -3.56. The number of nitrogens with zero attached hydrogens (tertiary/aromatic N) is 5. The molecule has 9 heteroatoms. The number of nitrogens with one attached hydrogen (secondary N) is 1. The van der Waals surface area contributed by atoms with E-state index in [-0.39, 0.29) is 18.1 Å². The van der Waals surface area contributed by atoms with E-state index in [0.717, 1.165) is 51.8 Å². The van der Waals surface area contributed by atoms with E-state index in [0.29, 0.717) is 12.1 Å². The smallest absolute Gasteiger partial charge is 0.253 e. The summed E-state index contributed by atoms with van der Waals surface area (Å²) in [7, 11) is 0. The van der Waals surface area contributed by atoms with Gasteiger partial charge in [-0.2, -0.15) is 0 Å². The standard InChI is InChI=1S/C27H28N6O2S/c1-17-15-33(16-18(2)35-17)26-6-4-5-23(32-26)24-8-7-19-12-29-21(10-25(19)31-24)13-30-27(34)20-9-22(36-3)14-28-11-20/h4-12,14,17-18H,13,15-16H2,1-3H3,(H,30,34). The van der Waals surface area contributed by atoms with E-state index < -0.39 is 0 Å². The highest BCUT2D eigenvalue weighted by Gasteiger charge is 2.23. The van der Waals surface area contributed by atoms with Crippen LogP contribution in [0.15, 0.2) is 66.0 Å². The number of pyridine rings is 4. The quantitative estimate of drug-likeness (QED) is 0.391. The van der Waals surface area contributed by atoms with Crippen LogP contribution in [0.1, 0.15) is 29.9 Å². The second-order valence-corrected chi connectivity index (χ2v) is 9.78. The third-order valence-electron chi connectivity index (χ3n) is 6.01. The predicted octanol–water partition coefficient (Wildman–Crippen LogP) is 4.35. The highest BCUT2D eigenvalue weighted by molar-refractivity contribution is 7.98. The van der Waals surface area contributed by atoms with E-state index in [1.54, 1.807) is 30.4 Å². The Morgan fingerprint density at radius 1 is 1.06 bits per heavy atom. The van der Waals surface area contributed by atoms with E-state index in [9.17, 15) is 4.79 Å². The van der Waals surface area contributed by atoms with Crippen LogP contribution in [0.4, 0.5) is 5.82 Å². The molecule has 0 spiro atoms. The van der Waals surface area contributed by atoms with Crippen LogP contribution in [-0.2, 0) is 11.3 Å². The number of amides is 1. The Balaban J connectivity index is 1.34. The SMILES string of the molecule is CSc1cncc(C(=O)NCc2cc3nc(-c4cccc(N5CC(C)OC(C)C5)n4)ccc3cn2)c1. The largest absolute Gasteiger partial charge is 0.372 e. The lowest BCUT2D eigenvalue weighted by Crippen LogP contribution is -2.45. The Morgan fingerprint density at radius 2 is 1.86 bits per heavy atom. The van der Waals surface area contributed by atoms with Crippen molar-refractivity contribution < 1.29 is 9.53 Å². The zero-order chi connectivity index (χ0) is 25.1. The molecule has 0 saturated carbocycles.